The topological polar surface area (TPSA) is 20.2 Å². The molecule has 3 rings (SSSR count). The van der Waals surface area contributed by atoms with Gasteiger partial charge in [0.25, 0.3) is 0 Å². The van der Waals surface area contributed by atoms with Crippen LogP contribution in [0.4, 0.5) is 0 Å². The van der Waals surface area contributed by atoms with Gasteiger partial charge in [0.2, 0.25) is 0 Å². The molecule has 3 unspecified atom stereocenters. The van der Waals surface area contributed by atoms with Gasteiger partial charge in [-0.25, -0.2) is 0 Å². The highest BCUT2D eigenvalue weighted by molar-refractivity contribution is 5.32. The van der Waals surface area contributed by atoms with Crippen molar-refractivity contribution in [1.82, 2.24) is 0 Å². The van der Waals surface area contributed by atoms with Crippen molar-refractivity contribution in [3.63, 3.8) is 0 Å². The zero-order valence-electron chi connectivity index (χ0n) is 14.5. The summed E-state index contributed by atoms with van der Waals surface area (Å²) in [5.41, 5.74) is 2.97. The Kier molecular flexibility index (Phi) is 4.48. The summed E-state index contributed by atoms with van der Waals surface area (Å²) in [4.78, 5) is 0. The second-order valence-corrected chi connectivity index (χ2v) is 7.77. The zero-order valence-corrected chi connectivity index (χ0v) is 14.5. The summed E-state index contributed by atoms with van der Waals surface area (Å²) >= 11 is 0. The van der Waals surface area contributed by atoms with Gasteiger partial charge >= 0.3 is 0 Å². The van der Waals surface area contributed by atoms with E-state index in [4.69, 9.17) is 0 Å². The molecule has 0 spiro atoms. The normalized spacial score (nSPS) is 25.3. The molecule has 1 saturated carbocycles. The maximum absolute atomic E-state index is 9.56. The summed E-state index contributed by atoms with van der Waals surface area (Å²) in [5, 5.41) is 9.56. The molecule has 1 N–H and O–H groups in total. The van der Waals surface area contributed by atoms with Crippen LogP contribution in [-0.2, 0) is 5.41 Å². The van der Waals surface area contributed by atoms with E-state index in [1.807, 2.05) is 12.1 Å². The minimum atomic E-state index is 0.140. The Hall–Kier alpha value is -1.76. The Morgan fingerprint density at radius 3 is 2.22 bits per heavy atom. The number of phenolic OH excluding ortho intramolecular Hbond substituents is 1. The van der Waals surface area contributed by atoms with Crippen LogP contribution in [0.5, 0.6) is 5.75 Å². The summed E-state index contributed by atoms with van der Waals surface area (Å²) < 4.78 is 0. The molecule has 0 radical (unpaired) electrons. The van der Waals surface area contributed by atoms with Crippen LogP contribution < -0.4 is 0 Å². The molecular formula is C22H28O. The van der Waals surface area contributed by atoms with E-state index in [-0.39, 0.29) is 5.41 Å². The van der Waals surface area contributed by atoms with Gasteiger partial charge in [-0.2, -0.15) is 0 Å². The summed E-state index contributed by atoms with van der Waals surface area (Å²) in [6.07, 6.45) is 3.84. The van der Waals surface area contributed by atoms with Crippen LogP contribution >= 0.6 is 0 Å². The summed E-state index contributed by atoms with van der Waals surface area (Å²) in [6.45, 7) is 7.13. The lowest BCUT2D eigenvalue weighted by Crippen LogP contribution is -2.34. The Balaban J connectivity index is 1.84. The molecule has 1 fully saturated rings. The molecule has 23 heavy (non-hydrogen) atoms. The quantitative estimate of drug-likeness (QED) is 0.749. The van der Waals surface area contributed by atoms with Gasteiger partial charge in [0.15, 0.2) is 0 Å². The van der Waals surface area contributed by atoms with E-state index in [0.717, 1.165) is 5.92 Å². The number of hydrogen-bond acceptors (Lipinski definition) is 1. The molecule has 3 atom stereocenters. The predicted molar refractivity (Wildman–Crippen MR) is 96.8 cm³/mol. The largest absolute Gasteiger partial charge is 0.508 e. The molecule has 1 aliphatic rings. The van der Waals surface area contributed by atoms with E-state index in [2.05, 4.69) is 63.2 Å². The molecule has 0 heterocycles. The number of hydrogen-bond donors (Lipinski definition) is 1. The van der Waals surface area contributed by atoms with Crippen molar-refractivity contribution in [2.75, 3.05) is 0 Å². The summed E-state index contributed by atoms with van der Waals surface area (Å²) in [5.74, 6) is 2.44. The summed E-state index contributed by atoms with van der Waals surface area (Å²) in [7, 11) is 0. The highest BCUT2D eigenvalue weighted by Gasteiger charge is 2.38. The van der Waals surface area contributed by atoms with E-state index in [9.17, 15) is 5.11 Å². The van der Waals surface area contributed by atoms with Gasteiger partial charge < -0.3 is 5.11 Å². The fourth-order valence-electron chi connectivity index (χ4n) is 4.27. The van der Waals surface area contributed by atoms with E-state index >= 15 is 0 Å². The molecule has 2 aromatic rings. The molecule has 1 nitrogen and oxygen atoms in total. The minimum Gasteiger partial charge on any atom is -0.508 e. The van der Waals surface area contributed by atoms with Gasteiger partial charge in [-0.3, -0.25) is 0 Å². The molecule has 0 aromatic heterocycles. The average molecular weight is 308 g/mol. The van der Waals surface area contributed by atoms with Crippen molar-refractivity contribution < 1.29 is 5.11 Å². The molecule has 1 heteroatoms. The fourth-order valence-corrected chi connectivity index (χ4v) is 4.27. The SMILES string of the molecule is CC1CCC(C(C)(C)c2ccc(O)cc2)CC1c1ccccc1. The van der Waals surface area contributed by atoms with Gasteiger partial charge in [-0.05, 0) is 65.7 Å². The van der Waals surface area contributed by atoms with Gasteiger partial charge in [-0.1, -0.05) is 63.2 Å². The Morgan fingerprint density at radius 1 is 0.913 bits per heavy atom. The predicted octanol–water partition coefficient (Wildman–Crippen LogP) is 5.89. The van der Waals surface area contributed by atoms with Gasteiger partial charge in [0.1, 0.15) is 5.75 Å². The molecule has 0 aliphatic heterocycles. The van der Waals surface area contributed by atoms with Crippen molar-refractivity contribution in [3.8, 4) is 5.75 Å². The van der Waals surface area contributed by atoms with Crippen molar-refractivity contribution in [2.24, 2.45) is 11.8 Å². The monoisotopic (exact) mass is 308 g/mol. The van der Waals surface area contributed by atoms with Gasteiger partial charge in [-0.15, -0.1) is 0 Å². The molecule has 1 aliphatic carbocycles. The van der Waals surface area contributed by atoms with Crippen molar-refractivity contribution in [2.45, 2.75) is 51.4 Å². The van der Waals surface area contributed by atoms with Crippen LogP contribution in [0.3, 0.4) is 0 Å². The first-order chi connectivity index (χ1) is 11.0. The van der Waals surface area contributed by atoms with E-state index < -0.39 is 0 Å². The van der Waals surface area contributed by atoms with Crippen LogP contribution in [0.1, 0.15) is 57.1 Å². The first kappa shape index (κ1) is 16.1. The Morgan fingerprint density at radius 2 is 1.57 bits per heavy atom. The van der Waals surface area contributed by atoms with Crippen LogP contribution in [0.25, 0.3) is 0 Å². The lowest BCUT2D eigenvalue weighted by Gasteiger charge is -2.43. The third-order valence-electron chi connectivity index (χ3n) is 6.06. The minimum absolute atomic E-state index is 0.140. The lowest BCUT2D eigenvalue weighted by atomic mass is 9.62. The molecule has 2 aromatic carbocycles. The van der Waals surface area contributed by atoms with E-state index in [1.165, 1.54) is 30.4 Å². The first-order valence-corrected chi connectivity index (χ1v) is 8.83. The molecule has 0 saturated heterocycles. The highest BCUT2D eigenvalue weighted by atomic mass is 16.3. The third-order valence-corrected chi connectivity index (χ3v) is 6.06. The average Bonchev–Trinajstić information content (AvgIpc) is 2.56. The standard InChI is InChI=1S/C22H28O/c1-16-9-10-19(15-21(16)17-7-5-4-6-8-17)22(2,3)18-11-13-20(23)14-12-18/h4-8,11-14,16,19,21,23H,9-10,15H2,1-3H3. The van der Waals surface area contributed by atoms with Crippen LogP contribution in [0.2, 0.25) is 0 Å². The molecule has 122 valence electrons. The maximum Gasteiger partial charge on any atom is 0.115 e. The van der Waals surface area contributed by atoms with E-state index in [0.29, 0.717) is 17.6 Å². The number of rotatable bonds is 3. The number of benzene rings is 2. The fraction of sp³-hybridized carbons (Fsp3) is 0.455. The highest BCUT2D eigenvalue weighted by Crippen LogP contribution is 2.48. The second kappa shape index (κ2) is 6.39. The van der Waals surface area contributed by atoms with Crippen LogP contribution in [0.15, 0.2) is 54.6 Å². The van der Waals surface area contributed by atoms with E-state index in [1.54, 1.807) is 0 Å². The smallest absolute Gasteiger partial charge is 0.115 e. The summed E-state index contributed by atoms with van der Waals surface area (Å²) in [6, 6.07) is 18.8. The zero-order chi connectivity index (χ0) is 16.4. The lowest BCUT2D eigenvalue weighted by molar-refractivity contribution is 0.177. The molecule has 0 bridgehead atoms. The van der Waals surface area contributed by atoms with Crippen molar-refractivity contribution >= 4 is 0 Å². The van der Waals surface area contributed by atoms with Crippen molar-refractivity contribution in [3.05, 3.63) is 65.7 Å². The second-order valence-electron chi connectivity index (χ2n) is 7.77. The first-order valence-electron chi connectivity index (χ1n) is 8.83. The van der Waals surface area contributed by atoms with Crippen molar-refractivity contribution in [1.29, 1.82) is 0 Å². The van der Waals surface area contributed by atoms with Crippen LogP contribution in [-0.4, -0.2) is 5.11 Å². The number of phenols is 1. The third kappa shape index (κ3) is 3.29. The van der Waals surface area contributed by atoms with Gasteiger partial charge in [0.05, 0.1) is 0 Å². The number of aromatic hydroxyl groups is 1. The Bertz CT molecular complexity index is 627. The van der Waals surface area contributed by atoms with Gasteiger partial charge in [0, 0.05) is 0 Å². The maximum atomic E-state index is 9.56. The van der Waals surface area contributed by atoms with Crippen LogP contribution in [0, 0.1) is 11.8 Å². The Labute approximate surface area is 140 Å². The molecule has 0 amide bonds. The molecular weight excluding hydrogens is 280 g/mol.